The normalized spacial score (nSPS) is 11.5. The van der Waals surface area contributed by atoms with Gasteiger partial charge in [0.15, 0.2) is 0 Å². The van der Waals surface area contributed by atoms with E-state index in [2.05, 4.69) is 123 Å². The van der Waals surface area contributed by atoms with E-state index < -0.39 is 0 Å². The van der Waals surface area contributed by atoms with E-state index in [1.165, 1.54) is 21.5 Å². The van der Waals surface area contributed by atoms with E-state index in [4.69, 9.17) is 0 Å². The Hall–Kier alpha value is -5.66. The van der Waals surface area contributed by atoms with Crippen molar-refractivity contribution in [2.24, 2.45) is 0 Å². The summed E-state index contributed by atoms with van der Waals surface area (Å²) in [6, 6.07) is 44.5. The van der Waals surface area contributed by atoms with Crippen LogP contribution in [0.25, 0.3) is 66.1 Å². The van der Waals surface area contributed by atoms with Crippen LogP contribution >= 0.6 is 0 Å². The summed E-state index contributed by atoms with van der Waals surface area (Å²) in [6.07, 6.45) is 3.70. The number of aromatic nitrogens is 3. The van der Waals surface area contributed by atoms with Gasteiger partial charge in [-0.05, 0) is 48.5 Å². The molecule has 4 nitrogen and oxygen atoms in total. The van der Waals surface area contributed by atoms with Crippen LogP contribution in [0.5, 0.6) is 0 Å². The van der Waals surface area contributed by atoms with Crippen LogP contribution in [0.4, 0.5) is 0 Å². The first-order valence-corrected chi connectivity index (χ1v) is 13.3. The zero-order valence-corrected chi connectivity index (χ0v) is 21.5. The second kappa shape index (κ2) is 8.69. The van der Waals surface area contributed by atoms with E-state index in [9.17, 15) is 5.26 Å². The number of hydrogen-bond donors (Lipinski definition) is 0. The van der Waals surface area contributed by atoms with Crippen molar-refractivity contribution in [3.63, 3.8) is 0 Å². The second-order valence-corrected chi connectivity index (χ2v) is 9.97. The number of nitriles is 1. The van der Waals surface area contributed by atoms with Gasteiger partial charge in [0.05, 0.1) is 39.4 Å². The molecule has 0 aliphatic carbocycles. The molecule has 0 saturated carbocycles. The Bertz CT molecular complexity index is 2190. The van der Waals surface area contributed by atoms with E-state index in [1.54, 1.807) is 0 Å². The third kappa shape index (κ3) is 3.15. The number of hydrogen-bond acceptors (Lipinski definition) is 2. The zero-order chi connectivity index (χ0) is 26.6. The largest absolute Gasteiger partial charge is 0.309 e. The van der Waals surface area contributed by atoms with Crippen LogP contribution in [-0.2, 0) is 0 Å². The lowest BCUT2D eigenvalue weighted by molar-refractivity contribution is 1.15. The average Bonchev–Trinajstić information content (AvgIpc) is 3.54. The molecule has 0 aliphatic heterocycles. The number of rotatable bonds is 3. The van der Waals surface area contributed by atoms with Gasteiger partial charge in [0.2, 0.25) is 0 Å². The van der Waals surface area contributed by atoms with Gasteiger partial charge in [-0.1, -0.05) is 72.8 Å². The topological polar surface area (TPSA) is 46.5 Å². The van der Waals surface area contributed by atoms with Crippen LogP contribution in [0.2, 0.25) is 0 Å². The Morgan fingerprint density at radius 1 is 0.525 bits per heavy atom. The highest BCUT2D eigenvalue weighted by Crippen LogP contribution is 2.38. The molecule has 0 fully saturated rings. The number of fused-ring (bicyclic) bond motifs is 6. The lowest BCUT2D eigenvalue weighted by Gasteiger charge is -2.16. The van der Waals surface area contributed by atoms with Crippen LogP contribution in [0.3, 0.4) is 0 Å². The Morgan fingerprint density at radius 2 is 1.02 bits per heavy atom. The van der Waals surface area contributed by atoms with Crippen molar-refractivity contribution < 1.29 is 0 Å². The Labute approximate surface area is 230 Å². The average molecular weight is 511 g/mol. The Morgan fingerprint density at radius 3 is 1.55 bits per heavy atom. The molecule has 0 N–H and O–H groups in total. The first kappa shape index (κ1) is 22.3. The molecule has 0 saturated heterocycles. The second-order valence-electron chi connectivity index (χ2n) is 9.97. The minimum absolute atomic E-state index is 0.611. The van der Waals surface area contributed by atoms with Gasteiger partial charge in [-0.3, -0.25) is 4.98 Å². The number of benzene rings is 5. The number of pyridine rings is 1. The summed E-state index contributed by atoms with van der Waals surface area (Å²) in [5.74, 6) is 0. The first-order chi connectivity index (χ1) is 19.8. The van der Waals surface area contributed by atoms with Crippen molar-refractivity contribution in [1.82, 2.24) is 14.1 Å². The monoisotopic (exact) mass is 510 g/mol. The molecule has 0 radical (unpaired) electrons. The van der Waals surface area contributed by atoms with Crippen molar-refractivity contribution in [2.75, 3.05) is 0 Å². The lowest BCUT2D eigenvalue weighted by atomic mass is 9.99. The van der Waals surface area contributed by atoms with Crippen molar-refractivity contribution in [3.05, 3.63) is 139 Å². The van der Waals surface area contributed by atoms with E-state index in [0.717, 1.165) is 44.6 Å². The Balaban J connectivity index is 1.43. The molecule has 8 rings (SSSR count). The van der Waals surface area contributed by atoms with Gasteiger partial charge in [-0.2, -0.15) is 5.26 Å². The predicted molar refractivity (Wildman–Crippen MR) is 163 cm³/mol. The molecule has 4 heteroatoms. The molecule has 0 unspecified atom stereocenters. The SMILES string of the molecule is N#Cc1ccc(-n2c3ccccc3c3ccccc32)cc1-c1cnccc1-n1c2ccccc2c2ccccc21. The molecule has 0 amide bonds. The molecule has 0 bridgehead atoms. The van der Waals surface area contributed by atoms with Gasteiger partial charge in [0.25, 0.3) is 0 Å². The molecule has 3 aromatic heterocycles. The fourth-order valence-corrected chi connectivity index (χ4v) is 6.16. The summed E-state index contributed by atoms with van der Waals surface area (Å²) in [7, 11) is 0. The molecule has 8 aromatic rings. The Kier molecular flexibility index (Phi) is 4.85. The molecule has 0 aliphatic rings. The molecule has 40 heavy (non-hydrogen) atoms. The molecular formula is C36H22N4. The maximum atomic E-state index is 10.2. The van der Waals surface area contributed by atoms with Crippen molar-refractivity contribution in [3.8, 4) is 28.6 Å². The van der Waals surface area contributed by atoms with Crippen LogP contribution < -0.4 is 0 Å². The summed E-state index contributed by atoms with van der Waals surface area (Å²) >= 11 is 0. The third-order valence-corrected chi connectivity index (χ3v) is 7.87. The summed E-state index contributed by atoms with van der Waals surface area (Å²) in [4.78, 5) is 4.53. The molecule has 0 atom stereocenters. The predicted octanol–water partition coefficient (Wildman–Crippen LogP) is 8.81. The van der Waals surface area contributed by atoms with Crippen LogP contribution in [0.15, 0.2) is 134 Å². The minimum atomic E-state index is 0.611. The van der Waals surface area contributed by atoms with Gasteiger partial charge in [0.1, 0.15) is 0 Å². The van der Waals surface area contributed by atoms with E-state index >= 15 is 0 Å². The molecule has 0 spiro atoms. The quantitative estimate of drug-likeness (QED) is 0.238. The van der Waals surface area contributed by atoms with E-state index in [1.807, 2.05) is 30.6 Å². The molecule has 186 valence electrons. The maximum absolute atomic E-state index is 10.2. The van der Waals surface area contributed by atoms with Crippen LogP contribution in [-0.4, -0.2) is 14.1 Å². The molecular weight excluding hydrogens is 488 g/mol. The summed E-state index contributed by atoms with van der Waals surface area (Å²) in [5.41, 5.74) is 8.87. The fourth-order valence-electron chi connectivity index (χ4n) is 6.16. The third-order valence-electron chi connectivity index (χ3n) is 7.87. The number of para-hydroxylation sites is 4. The van der Waals surface area contributed by atoms with Gasteiger partial charge in [-0.15, -0.1) is 0 Å². The van der Waals surface area contributed by atoms with Crippen molar-refractivity contribution in [1.29, 1.82) is 5.26 Å². The molecule has 5 aromatic carbocycles. The van der Waals surface area contributed by atoms with Gasteiger partial charge >= 0.3 is 0 Å². The van der Waals surface area contributed by atoms with Gasteiger partial charge < -0.3 is 9.13 Å². The summed E-state index contributed by atoms with van der Waals surface area (Å²) in [5, 5.41) is 15.0. The highest BCUT2D eigenvalue weighted by Gasteiger charge is 2.19. The standard InChI is InChI=1S/C36H22N4/c37-22-24-17-18-25(39-32-13-5-1-9-26(32)27-10-2-6-14-33(27)39)21-30(24)31-23-38-20-19-36(31)40-34-15-7-3-11-28(34)29-12-4-8-16-35(29)40/h1-21,23H. The molecule has 3 heterocycles. The number of nitrogens with zero attached hydrogens (tertiary/aromatic N) is 4. The minimum Gasteiger partial charge on any atom is -0.309 e. The van der Waals surface area contributed by atoms with E-state index in [0.29, 0.717) is 5.56 Å². The van der Waals surface area contributed by atoms with Crippen LogP contribution in [0, 0.1) is 11.3 Å². The zero-order valence-electron chi connectivity index (χ0n) is 21.5. The van der Waals surface area contributed by atoms with Crippen LogP contribution in [0.1, 0.15) is 5.56 Å². The lowest BCUT2D eigenvalue weighted by Crippen LogP contribution is -2.00. The summed E-state index contributed by atoms with van der Waals surface area (Å²) < 4.78 is 4.57. The summed E-state index contributed by atoms with van der Waals surface area (Å²) in [6.45, 7) is 0. The van der Waals surface area contributed by atoms with E-state index in [-0.39, 0.29) is 0 Å². The fraction of sp³-hybridized carbons (Fsp3) is 0. The van der Waals surface area contributed by atoms with Crippen molar-refractivity contribution >= 4 is 43.6 Å². The maximum Gasteiger partial charge on any atom is 0.0998 e. The van der Waals surface area contributed by atoms with Gasteiger partial charge in [0, 0.05) is 50.8 Å². The van der Waals surface area contributed by atoms with Crippen molar-refractivity contribution in [2.45, 2.75) is 0 Å². The first-order valence-electron chi connectivity index (χ1n) is 13.3. The highest BCUT2D eigenvalue weighted by molar-refractivity contribution is 6.10. The smallest absolute Gasteiger partial charge is 0.0998 e. The van der Waals surface area contributed by atoms with Gasteiger partial charge in [-0.25, -0.2) is 0 Å². The highest BCUT2D eigenvalue weighted by atomic mass is 15.0.